The van der Waals surface area contributed by atoms with Crippen LogP contribution in [0.2, 0.25) is 0 Å². The van der Waals surface area contributed by atoms with Crippen molar-refractivity contribution in [3.05, 3.63) is 30.1 Å². The standard InChI is InChI=1S/C11H12FN5OS/c1-2-13-10(18)7-19-11-14-15-16-17(11)9-5-3-4-8(12)6-9/h3-6H,2,7H2,1H3,(H,13,18). The number of hydrogen-bond acceptors (Lipinski definition) is 5. The van der Waals surface area contributed by atoms with Gasteiger partial charge in [0, 0.05) is 6.54 Å². The molecule has 0 bridgehead atoms. The van der Waals surface area contributed by atoms with Gasteiger partial charge in [0.1, 0.15) is 5.82 Å². The van der Waals surface area contributed by atoms with Crippen LogP contribution in [0, 0.1) is 5.82 Å². The summed E-state index contributed by atoms with van der Waals surface area (Å²) < 4.78 is 14.5. The molecule has 0 saturated carbocycles. The summed E-state index contributed by atoms with van der Waals surface area (Å²) in [5.74, 6) is -0.252. The van der Waals surface area contributed by atoms with Crippen molar-refractivity contribution in [3.63, 3.8) is 0 Å². The van der Waals surface area contributed by atoms with Gasteiger partial charge in [0.2, 0.25) is 11.1 Å². The molecule has 100 valence electrons. The number of amides is 1. The van der Waals surface area contributed by atoms with Crippen LogP contribution in [0.3, 0.4) is 0 Å². The molecule has 0 radical (unpaired) electrons. The van der Waals surface area contributed by atoms with Crippen molar-refractivity contribution in [1.82, 2.24) is 25.5 Å². The van der Waals surface area contributed by atoms with Crippen molar-refractivity contribution < 1.29 is 9.18 Å². The Labute approximate surface area is 113 Å². The molecule has 2 aromatic rings. The number of benzene rings is 1. The molecule has 19 heavy (non-hydrogen) atoms. The molecule has 0 unspecified atom stereocenters. The fourth-order valence-corrected chi connectivity index (χ4v) is 2.14. The highest BCUT2D eigenvalue weighted by atomic mass is 32.2. The van der Waals surface area contributed by atoms with Crippen LogP contribution in [-0.2, 0) is 4.79 Å². The quantitative estimate of drug-likeness (QED) is 0.829. The molecule has 0 aliphatic carbocycles. The molecular formula is C11H12FN5OS. The number of thioether (sulfide) groups is 1. The zero-order chi connectivity index (χ0) is 13.7. The normalized spacial score (nSPS) is 10.4. The van der Waals surface area contributed by atoms with Gasteiger partial charge in [-0.25, -0.2) is 4.39 Å². The van der Waals surface area contributed by atoms with Gasteiger partial charge in [-0.2, -0.15) is 4.68 Å². The Kier molecular flexibility index (Phi) is 4.45. The van der Waals surface area contributed by atoms with Crippen molar-refractivity contribution in [1.29, 1.82) is 0 Å². The fraction of sp³-hybridized carbons (Fsp3) is 0.273. The highest BCUT2D eigenvalue weighted by molar-refractivity contribution is 7.99. The lowest BCUT2D eigenvalue weighted by Crippen LogP contribution is -2.24. The van der Waals surface area contributed by atoms with Crippen molar-refractivity contribution in [3.8, 4) is 5.69 Å². The molecule has 0 fully saturated rings. The van der Waals surface area contributed by atoms with Crippen LogP contribution in [0.5, 0.6) is 0 Å². The van der Waals surface area contributed by atoms with E-state index in [1.54, 1.807) is 12.1 Å². The average Bonchev–Trinajstić information content (AvgIpc) is 2.85. The first-order valence-electron chi connectivity index (χ1n) is 5.64. The third-order valence-electron chi connectivity index (χ3n) is 2.20. The summed E-state index contributed by atoms with van der Waals surface area (Å²) in [5, 5.41) is 14.3. The van der Waals surface area contributed by atoms with Gasteiger partial charge in [-0.1, -0.05) is 17.8 Å². The molecule has 0 atom stereocenters. The van der Waals surface area contributed by atoms with E-state index in [2.05, 4.69) is 20.8 Å². The van der Waals surface area contributed by atoms with Gasteiger partial charge in [0.05, 0.1) is 11.4 Å². The summed E-state index contributed by atoms with van der Waals surface area (Å²) in [5.41, 5.74) is 0.517. The van der Waals surface area contributed by atoms with Gasteiger partial charge in [0.25, 0.3) is 0 Å². The van der Waals surface area contributed by atoms with Gasteiger partial charge in [-0.05, 0) is 35.5 Å². The van der Waals surface area contributed by atoms with Gasteiger partial charge in [-0.3, -0.25) is 4.79 Å². The van der Waals surface area contributed by atoms with Crippen LogP contribution in [0.25, 0.3) is 5.69 Å². The number of nitrogens with zero attached hydrogens (tertiary/aromatic N) is 4. The number of carbonyl (C=O) groups excluding carboxylic acids is 1. The molecule has 6 nitrogen and oxygen atoms in total. The third kappa shape index (κ3) is 3.50. The molecule has 2 rings (SSSR count). The third-order valence-corrected chi connectivity index (χ3v) is 3.12. The van der Waals surface area contributed by atoms with Crippen LogP contribution in [-0.4, -0.2) is 38.4 Å². The van der Waals surface area contributed by atoms with Crippen LogP contribution < -0.4 is 5.32 Å². The summed E-state index contributed by atoms with van der Waals surface area (Å²) in [4.78, 5) is 11.4. The summed E-state index contributed by atoms with van der Waals surface area (Å²) in [6.07, 6.45) is 0. The summed E-state index contributed by atoms with van der Waals surface area (Å²) in [7, 11) is 0. The van der Waals surface area contributed by atoms with E-state index in [1.165, 1.54) is 28.6 Å². The molecule has 1 aromatic heterocycles. The lowest BCUT2D eigenvalue weighted by atomic mass is 10.3. The molecule has 1 aromatic carbocycles. The van der Waals surface area contributed by atoms with E-state index in [9.17, 15) is 9.18 Å². The first-order valence-corrected chi connectivity index (χ1v) is 6.63. The molecule has 0 spiro atoms. The Morgan fingerprint density at radius 2 is 2.37 bits per heavy atom. The molecule has 0 aliphatic heterocycles. The highest BCUT2D eigenvalue weighted by Crippen LogP contribution is 2.18. The van der Waals surface area contributed by atoms with Gasteiger partial charge < -0.3 is 5.32 Å². The second-order valence-electron chi connectivity index (χ2n) is 3.60. The Hall–Kier alpha value is -1.96. The van der Waals surface area contributed by atoms with Crippen LogP contribution in [0.4, 0.5) is 4.39 Å². The topological polar surface area (TPSA) is 72.7 Å². The predicted octanol–water partition coefficient (Wildman–Crippen LogP) is 1.03. The molecule has 0 aliphatic rings. The minimum Gasteiger partial charge on any atom is -0.356 e. The highest BCUT2D eigenvalue weighted by Gasteiger charge is 2.11. The summed E-state index contributed by atoms with van der Waals surface area (Å²) >= 11 is 1.19. The Balaban J connectivity index is 2.12. The Morgan fingerprint density at radius 3 is 3.11 bits per heavy atom. The van der Waals surface area contributed by atoms with E-state index < -0.39 is 0 Å². The zero-order valence-electron chi connectivity index (χ0n) is 10.2. The predicted molar refractivity (Wildman–Crippen MR) is 68.5 cm³/mol. The summed E-state index contributed by atoms with van der Waals surface area (Å²) in [6, 6.07) is 5.93. The maximum Gasteiger partial charge on any atom is 0.230 e. The van der Waals surface area contributed by atoms with E-state index in [4.69, 9.17) is 0 Å². The minimum atomic E-state index is -0.368. The number of hydrogen-bond donors (Lipinski definition) is 1. The van der Waals surface area contributed by atoms with Crippen LogP contribution in [0.15, 0.2) is 29.4 Å². The molecule has 1 amide bonds. The first kappa shape index (κ1) is 13.5. The lowest BCUT2D eigenvalue weighted by molar-refractivity contribution is -0.118. The maximum atomic E-state index is 13.2. The van der Waals surface area contributed by atoms with Gasteiger partial charge in [0.15, 0.2) is 0 Å². The largest absolute Gasteiger partial charge is 0.356 e. The van der Waals surface area contributed by atoms with E-state index >= 15 is 0 Å². The van der Waals surface area contributed by atoms with Crippen molar-refractivity contribution >= 4 is 17.7 Å². The van der Waals surface area contributed by atoms with E-state index in [0.29, 0.717) is 17.4 Å². The second kappa shape index (κ2) is 6.28. The zero-order valence-corrected chi connectivity index (χ0v) is 11.0. The van der Waals surface area contributed by atoms with Crippen molar-refractivity contribution in [2.45, 2.75) is 12.1 Å². The van der Waals surface area contributed by atoms with Crippen LogP contribution >= 0.6 is 11.8 Å². The van der Waals surface area contributed by atoms with E-state index in [1.807, 2.05) is 6.92 Å². The van der Waals surface area contributed by atoms with Crippen LogP contribution in [0.1, 0.15) is 6.92 Å². The SMILES string of the molecule is CCNC(=O)CSc1nnnn1-c1cccc(F)c1. The molecule has 8 heteroatoms. The van der Waals surface area contributed by atoms with Crippen molar-refractivity contribution in [2.24, 2.45) is 0 Å². The minimum absolute atomic E-state index is 0.0960. The van der Waals surface area contributed by atoms with Gasteiger partial charge >= 0.3 is 0 Å². The number of rotatable bonds is 5. The lowest BCUT2D eigenvalue weighted by Gasteiger charge is -2.04. The van der Waals surface area contributed by atoms with Gasteiger partial charge in [-0.15, -0.1) is 5.10 Å². The first-order chi connectivity index (χ1) is 9.20. The number of carbonyl (C=O) groups is 1. The maximum absolute atomic E-state index is 13.2. The molecule has 1 heterocycles. The average molecular weight is 281 g/mol. The fourth-order valence-electron chi connectivity index (χ4n) is 1.42. The number of tetrazole rings is 1. The van der Waals surface area contributed by atoms with Crippen molar-refractivity contribution in [2.75, 3.05) is 12.3 Å². The number of nitrogens with one attached hydrogen (secondary N) is 1. The smallest absolute Gasteiger partial charge is 0.230 e. The summed E-state index contributed by atoms with van der Waals surface area (Å²) in [6.45, 7) is 2.42. The van der Waals surface area contributed by atoms with E-state index in [0.717, 1.165) is 0 Å². The molecular weight excluding hydrogens is 269 g/mol. The molecule has 0 saturated heterocycles. The number of aromatic nitrogens is 4. The van der Waals surface area contributed by atoms with E-state index in [-0.39, 0.29) is 17.5 Å². The molecule has 1 N–H and O–H groups in total. The Morgan fingerprint density at radius 1 is 1.53 bits per heavy atom. The Bertz CT molecular complexity index is 574. The number of halogens is 1. The second-order valence-corrected chi connectivity index (χ2v) is 4.54. The monoisotopic (exact) mass is 281 g/mol.